The number of nitrogens with zero attached hydrogens (tertiary/aromatic N) is 1. The number of ether oxygens (including phenoxy) is 1. The molecule has 0 aliphatic carbocycles. The van der Waals surface area contributed by atoms with Crippen LogP contribution in [0.25, 0.3) is 0 Å². The van der Waals surface area contributed by atoms with Crippen LogP contribution in [-0.2, 0) is 9.53 Å². The van der Waals surface area contributed by atoms with Gasteiger partial charge in [-0.3, -0.25) is 14.5 Å². The molecule has 0 saturated carbocycles. The highest BCUT2D eigenvalue weighted by Gasteiger charge is 2.31. The summed E-state index contributed by atoms with van der Waals surface area (Å²) in [5.74, 6) is -0.401. The number of hydrogen-bond acceptors (Lipinski definition) is 3. The van der Waals surface area contributed by atoms with Crippen LogP contribution >= 0.6 is 0 Å². The molecule has 90 valence electrons. The number of carbonyl (C=O) groups is 2. The Morgan fingerprint density at radius 3 is 2.53 bits per heavy atom. The highest BCUT2D eigenvalue weighted by molar-refractivity contribution is 6.04. The summed E-state index contributed by atoms with van der Waals surface area (Å²) in [5, 5.41) is 0. The Labute approximate surface area is 100 Å². The van der Waals surface area contributed by atoms with Crippen molar-refractivity contribution in [1.82, 2.24) is 4.90 Å². The maximum atomic E-state index is 12.2. The normalized spacial score (nSPS) is 17.6. The van der Waals surface area contributed by atoms with Gasteiger partial charge in [-0.1, -0.05) is 25.1 Å². The van der Waals surface area contributed by atoms with Crippen molar-refractivity contribution in [2.24, 2.45) is 0 Å². The van der Waals surface area contributed by atoms with E-state index >= 15 is 0 Å². The molecule has 0 bridgehead atoms. The van der Waals surface area contributed by atoms with Gasteiger partial charge in [0.05, 0.1) is 19.3 Å². The fraction of sp³-hybridized carbons (Fsp3) is 0.385. The SMILES string of the molecule is CCC(=O)N(CC1CO1)C(=O)c1ccccc1. The van der Waals surface area contributed by atoms with Gasteiger partial charge in [0, 0.05) is 12.0 Å². The predicted molar refractivity (Wildman–Crippen MR) is 62.5 cm³/mol. The second kappa shape index (κ2) is 5.10. The lowest BCUT2D eigenvalue weighted by Gasteiger charge is -2.19. The molecule has 0 aromatic heterocycles. The summed E-state index contributed by atoms with van der Waals surface area (Å²) in [4.78, 5) is 25.2. The summed E-state index contributed by atoms with van der Waals surface area (Å²) in [6.07, 6.45) is 0.351. The highest BCUT2D eigenvalue weighted by atomic mass is 16.6. The first-order valence-corrected chi connectivity index (χ1v) is 5.73. The standard InChI is InChI=1S/C13H15NO3/c1-2-12(15)14(8-11-9-17-11)13(16)10-6-4-3-5-7-10/h3-7,11H,2,8-9H2,1H3. The quantitative estimate of drug-likeness (QED) is 0.740. The Balaban J connectivity index is 2.14. The van der Waals surface area contributed by atoms with Gasteiger partial charge in [0.25, 0.3) is 5.91 Å². The number of amides is 2. The first kappa shape index (κ1) is 11.8. The van der Waals surface area contributed by atoms with Gasteiger partial charge >= 0.3 is 0 Å². The minimum absolute atomic E-state index is 0.0261. The molecule has 1 heterocycles. The third kappa shape index (κ3) is 2.91. The van der Waals surface area contributed by atoms with Crippen molar-refractivity contribution in [1.29, 1.82) is 0 Å². The van der Waals surface area contributed by atoms with Crippen molar-refractivity contribution in [3.05, 3.63) is 35.9 Å². The van der Waals surface area contributed by atoms with E-state index in [4.69, 9.17) is 4.74 Å². The van der Waals surface area contributed by atoms with E-state index in [9.17, 15) is 9.59 Å². The van der Waals surface area contributed by atoms with Gasteiger partial charge in [-0.05, 0) is 12.1 Å². The second-order valence-corrected chi connectivity index (χ2v) is 3.98. The molecular weight excluding hydrogens is 218 g/mol. The molecule has 1 aromatic carbocycles. The fourth-order valence-corrected chi connectivity index (χ4v) is 1.60. The van der Waals surface area contributed by atoms with Crippen LogP contribution in [0.3, 0.4) is 0 Å². The largest absolute Gasteiger partial charge is 0.371 e. The first-order valence-electron chi connectivity index (χ1n) is 5.73. The van der Waals surface area contributed by atoms with Crippen molar-refractivity contribution in [3.8, 4) is 0 Å². The van der Waals surface area contributed by atoms with Crippen LogP contribution in [0.1, 0.15) is 23.7 Å². The molecule has 1 aliphatic heterocycles. The molecule has 1 aliphatic rings. The summed E-state index contributed by atoms with van der Waals surface area (Å²) in [5.41, 5.74) is 0.537. The molecule has 1 saturated heterocycles. The molecule has 0 radical (unpaired) electrons. The van der Waals surface area contributed by atoms with E-state index in [0.717, 1.165) is 0 Å². The summed E-state index contributed by atoms with van der Waals surface area (Å²) in [6.45, 7) is 2.75. The first-order chi connectivity index (χ1) is 8.22. The van der Waals surface area contributed by atoms with Crippen LogP contribution in [0.2, 0.25) is 0 Å². The van der Waals surface area contributed by atoms with Crippen LogP contribution < -0.4 is 0 Å². The minimum Gasteiger partial charge on any atom is -0.371 e. The van der Waals surface area contributed by atoms with Crippen molar-refractivity contribution in [2.45, 2.75) is 19.4 Å². The fourth-order valence-electron chi connectivity index (χ4n) is 1.60. The van der Waals surface area contributed by atoms with E-state index in [2.05, 4.69) is 0 Å². The lowest BCUT2D eigenvalue weighted by Crippen LogP contribution is -2.39. The lowest BCUT2D eigenvalue weighted by molar-refractivity contribution is -0.128. The van der Waals surface area contributed by atoms with Crippen LogP contribution in [0, 0.1) is 0 Å². The smallest absolute Gasteiger partial charge is 0.260 e. The monoisotopic (exact) mass is 233 g/mol. The molecule has 1 atom stereocenters. The average Bonchev–Trinajstić information content (AvgIpc) is 3.19. The highest BCUT2D eigenvalue weighted by Crippen LogP contribution is 2.14. The van der Waals surface area contributed by atoms with E-state index in [0.29, 0.717) is 25.1 Å². The van der Waals surface area contributed by atoms with Crippen LogP contribution in [0.15, 0.2) is 30.3 Å². The van der Waals surface area contributed by atoms with Gasteiger partial charge in [0.1, 0.15) is 0 Å². The summed E-state index contributed by atoms with van der Waals surface area (Å²) in [7, 11) is 0. The molecule has 1 unspecified atom stereocenters. The minimum atomic E-state index is -0.243. The third-order valence-electron chi connectivity index (χ3n) is 2.66. The number of hydrogen-bond donors (Lipinski definition) is 0. The molecular formula is C13H15NO3. The van der Waals surface area contributed by atoms with Gasteiger partial charge in [-0.15, -0.1) is 0 Å². The van der Waals surface area contributed by atoms with Gasteiger partial charge in [0.2, 0.25) is 5.91 Å². The van der Waals surface area contributed by atoms with Crippen molar-refractivity contribution in [3.63, 3.8) is 0 Å². The molecule has 1 aromatic rings. The maximum absolute atomic E-state index is 12.2. The Hall–Kier alpha value is -1.68. The molecule has 1 fully saturated rings. The zero-order valence-corrected chi connectivity index (χ0v) is 9.76. The van der Waals surface area contributed by atoms with Gasteiger partial charge in [-0.25, -0.2) is 0 Å². The Morgan fingerprint density at radius 1 is 1.35 bits per heavy atom. The van der Waals surface area contributed by atoms with Gasteiger partial charge in [-0.2, -0.15) is 0 Å². The summed E-state index contributed by atoms with van der Waals surface area (Å²) < 4.78 is 5.07. The summed E-state index contributed by atoms with van der Waals surface area (Å²) >= 11 is 0. The van der Waals surface area contributed by atoms with E-state index < -0.39 is 0 Å². The van der Waals surface area contributed by atoms with Gasteiger partial charge in [0.15, 0.2) is 0 Å². The zero-order chi connectivity index (χ0) is 12.3. The van der Waals surface area contributed by atoms with Crippen LogP contribution in [0.4, 0.5) is 0 Å². The molecule has 17 heavy (non-hydrogen) atoms. The zero-order valence-electron chi connectivity index (χ0n) is 9.76. The Morgan fingerprint density at radius 2 is 2.00 bits per heavy atom. The summed E-state index contributed by atoms with van der Waals surface area (Å²) in [6, 6.07) is 8.84. The third-order valence-corrected chi connectivity index (χ3v) is 2.66. The van der Waals surface area contributed by atoms with E-state index in [-0.39, 0.29) is 17.9 Å². The van der Waals surface area contributed by atoms with Crippen LogP contribution in [-0.4, -0.2) is 36.0 Å². The number of epoxide rings is 1. The molecule has 4 nitrogen and oxygen atoms in total. The predicted octanol–water partition coefficient (Wildman–Crippen LogP) is 1.46. The van der Waals surface area contributed by atoms with E-state index in [1.807, 2.05) is 6.07 Å². The van der Waals surface area contributed by atoms with Crippen molar-refractivity contribution < 1.29 is 14.3 Å². The molecule has 2 amide bonds. The van der Waals surface area contributed by atoms with E-state index in [1.165, 1.54) is 4.90 Å². The van der Waals surface area contributed by atoms with Crippen molar-refractivity contribution >= 4 is 11.8 Å². The molecule has 0 N–H and O–H groups in total. The number of carbonyl (C=O) groups excluding carboxylic acids is 2. The average molecular weight is 233 g/mol. The topological polar surface area (TPSA) is 49.9 Å². The number of benzene rings is 1. The molecule has 0 spiro atoms. The lowest BCUT2D eigenvalue weighted by atomic mass is 10.2. The maximum Gasteiger partial charge on any atom is 0.260 e. The molecule has 2 rings (SSSR count). The number of rotatable bonds is 4. The van der Waals surface area contributed by atoms with Crippen LogP contribution in [0.5, 0.6) is 0 Å². The Kier molecular flexibility index (Phi) is 3.54. The second-order valence-electron chi connectivity index (χ2n) is 3.98. The molecule has 4 heteroatoms. The van der Waals surface area contributed by atoms with Gasteiger partial charge < -0.3 is 4.74 Å². The van der Waals surface area contributed by atoms with Crippen molar-refractivity contribution in [2.75, 3.05) is 13.2 Å². The number of imide groups is 1. The van der Waals surface area contributed by atoms with E-state index in [1.54, 1.807) is 31.2 Å². The Bertz CT molecular complexity index is 412.